The molecule has 0 bridgehead atoms. The molecule has 0 amide bonds. The third-order valence-corrected chi connectivity index (χ3v) is 10.4. The lowest BCUT2D eigenvalue weighted by atomic mass is 9.35. The van der Waals surface area contributed by atoms with E-state index in [0.29, 0.717) is 0 Å². The number of hydrogen-bond donors (Lipinski definition) is 0. The Balaban J connectivity index is 1.23. The molecule has 3 heterocycles. The fraction of sp³-hybridized carbons (Fsp3) is 0. The number of furan rings is 1. The van der Waals surface area contributed by atoms with Crippen molar-refractivity contribution >= 4 is 72.9 Å². The highest BCUT2D eigenvalue weighted by molar-refractivity contribution is 6.98. The van der Waals surface area contributed by atoms with Crippen LogP contribution in [0.4, 0.5) is 17.1 Å². The Morgan fingerprint density at radius 1 is 0.431 bits per heavy atom. The first-order valence-electron chi connectivity index (χ1n) is 17.3. The van der Waals surface area contributed by atoms with Crippen molar-refractivity contribution < 1.29 is 13.9 Å². The van der Waals surface area contributed by atoms with Gasteiger partial charge in [-0.1, -0.05) is 121 Å². The topological polar surface area (TPSA) is 34.8 Å². The van der Waals surface area contributed by atoms with Crippen LogP contribution in [0.25, 0.3) is 43.8 Å². The second-order valence-corrected chi connectivity index (χ2v) is 13.2. The molecule has 0 radical (unpaired) electrons. The Bertz CT molecular complexity index is 2770. The summed E-state index contributed by atoms with van der Waals surface area (Å²) in [4.78, 5) is 2.34. The largest absolute Gasteiger partial charge is 0.458 e. The minimum absolute atomic E-state index is 0.00302. The van der Waals surface area contributed by atoms with Crippen LogP contribution in [0.3, 0.4) is 0 Å². The Morgan fingerprint density at radius 3 is 1.82 bits per heavy atom. The minimum atomic E-state index is -0.00302. The molecule has 0 spiro atoms. The van der Waals surface area contributed by atoms with Crippen LogP contribution in [0, 0.1) is 0 Å². The first kappa shape index (κ1) is 28.2. The lowest BCUT2D eigenvalue weighted by Crippen LogP contribution is -2.57. The van der Waals surface area contributed by atoms with Gasteiger partial charge in [-0.3, -0.25) is 0 Å². The zero-order valence-electron chi connectivity index (χ0n) is 27.4. The van der Waals surface area contributed by atoms with E-state index < -0.39 is 0 Å². The summed E-state index contributed by atoms with van der Waals surface area (Å²) in [5, 5.41) is 4.46. The molecule has 0 N–H and O–H groups in total. The molecule has 0 fully saturated rings. The first-order valence-corrected chi connectivity index (χ1v) is 17.3. The van der Waals surface area contributed by atoms with Crippen LogP contribution in [0.1, 0.15) is 0 Å². The van der Waals surface area contributed by atoms with Crippen molar-refractivity contribution in [3.05, 3.63) is 170 Å². The fourth-order valence-electron chi connectivity index (χ4n) is 8.11. The molecule has 1 aromatic heterocycles. The van der Waals surface area contributed by atoms with E-state index >= 15 is 0 Å². The number of fused-ring (bicyclic) bond motifs is 8. The average molecular weight is 654 g/mol. The third kappa shape index (κ3) is 4.28. The molecule has 0 saturated heterocycles. The smallest absolute Gasteiger partial charge is 0.260 e. The maximum atomic E-state index is 6.79. The van der Waals surface area contributed by atoms with Gasteiger partial charge < -0.3 is 18.8 Å². The van der Waals surface area contributed by atoms with E-state index in [1.807, 2.05) is 24.3 Å². The molecule has 11 rings (SSSR count). The number of para-hydroxylation sites is 3. The van der Waals surface area contributed by atoms with Crippen molar-refractivity contribution in [3.63, 3.8) is 0 Å². The molecule has 0 unspecified atom stereocenters. The molecule has 51 heavy (non-hydrogen) atoms. The Labute approximate surface area is 294 Å². The molecular formula is C46H28BNO3. The highest BCUT2D eigenvalue weighted by Crippen LogP contribution is 2.48. The van der Waals surface area contributed by atoms with E-state index in [4.69, 9.17) is 13.9 Å². The van der Waals surface area contributed by atoms with Crippen molar-refractivity contribution in [1.82, 2.24) is 0 Å². The van der Waals surface area contributed by atoms with Gasteiger partial charge in [0.1, 0.15) is 34.2 Å². The van der Waals surface area contributed by atoms with Gasteiger partial charge >= 0.3 is 0 Å². The molecule has 0 aliphatic carbocycles. The van der Waals surface area contributed by atoms with Crippen LogP contribution < -0.4 is 30.8 Å². The van der Waals surface area contributed by atoms with Crippen molar-refractivity contribution in [2.24, 2.45) is 0 Å². The molecule has 5 heteroatoms. The zero-order valence-corrected chi connectivity index (χ0v) is 27.4. The maximum Gasteiger partial charge on any atom is 0.260 e. The van der Waals surface area contributed by atoms with E-state index in [1.54, 1.807) is 0 Å². The minimum Gasteiger partial charge on any atom is -0.458 e. The van der Waals surface area contributed by atoms with Gasteiger partial charge in [0, 0.05) is 45.4 Å². The highest BCUT2D eigenvalue weighted by atomic mass is 16.5. The number of nitrogens with zero attached hydrogens (tertiary/aromatic N) is 1. The molecular weight excluding hydrogens is 625 g/mol. The van der Waals surface area contributed by atoms with Crippen LogP contribution in [0.5, 0.6) is 23.0 Å². The predicted octanol–water partition coefficient (Wildman–Crippen LogP) is 10.6. The van der Waals surface area contributed by atoms with Crippen LogP contribution >= 0.6 is 0 Å². The summed E-state index contributed by atoms with van der Waals surface area (Å²) >= 11 is 0. The van der Waals surface area contributed by atoms with E-state index in [1.165, 1.54) is 0 Å². The van der Waals surface area contributed by atoms with Crippen LogP contribution in [0.2, 0.25) is 0 Å². The zero-order chi connectivity index (χ0) is 33.5. The lowest BCUT2D eigenvalue weighted by Gasteiger charge is -2.35. The fourth-order valence-corrected chi connectivity index (χ4v) is 8.11. The van der Waals surface area contributed by atoms with Crippen molar-refractivity contribution in [1.29, 1.82) is 0 Å². The summed E-state index contributed by atoms with van der Waals surface area (Å²) in [5.41, 5.74) is 10.2. The summed E-state index contributed by atoms with van der Waals surface area (Å²) < 4.78 is 20.1. The summed E-state index contributed by atoms with van der Waals surface area (Å²) in [7, 11) is 0. The summed E-state index contributed by atoms with van der Waals surface area (Å²) in [6.45, 7) is -0.00302. The maximum absolute atomic E-state index is 6.79. The second-order valence-electron chi connectivity index (χ2n) is 13.2. The van der Waals surface area contributed by atoms with Gasteiger partial charge in [0.05, 0.1) is 17.1 Å². The van der Waals surface area contributed by atoms with Gasteiger partial charge in [-0.25, -0.2) is 0 Å². The van der Waals surface area contributed by atoms with Crippen LogP contribution in [0.15, 0.2) is 174 Å². The number of benzene rings is 8. The van der Waals surface area contributed by atoms with Gasteiger partial charge in [0.2, 0.25) is 0 Å². The van der Waals surface area contributed by atoms with Crippen molar-refractivity contribution in [2.75, 3.05) is 4.90 Å². The monoisotopic (exact) mass is 653 g/mol. The van der Waals surface area contributed by atoms with Gasteiger partial charge in [0.25, 0.3) is 6.71 Å². The summed E-state index contributed by atoms with van der Waals surface area (Å²) in [6, 6.07) is 59.4. The van der Waals surface area contributed by atoms with Gasteiger partial charge in [-0.05, 0) is 52.2 Å². The molecule has 238 valence electrons. The number of hydrogen-bond acceptors (Lipinski definition) is 4. The van der Waals surface area contributed by atoms with E-state index in [-0.39, 0.29) is 6.71 Å². The van der Waals surface area contributed by atoms with Crippen LogP contribution in [-0.2, 0) is 0 Å². The predicted molar refractivity (Wildman–Crippen MR) is 209 cm³/mol. The average Bonchev–Trinajstić information content (AvgIpc) is 3.55. The third-order valence-electron chi connectivity index (χ3n) is 10.4. The Morgan fingerprint density at radius 2 is 1.06 bits per heavy atom. The van der Waals surface area contributed by atoms with E-state index in [2.05, 4.69) is 150 Å². The van der Waals surface area contributed by atoms with Crippen LogP contribution in [-0.4, -0.2) is 6.71 Å². The van der Waals surface area contributed by atoms with Crippen molar-refractivity contribution in [2.45, 2.75) is 0 Å². The number of ether oxygens (including phenoxy) is 2. The molecule has 8 aromatic carbocycles. The summed E-state index contributed by atoms with van der Waals surface area (Å²) in [5.74, 6) is 3.30. The normalized spacial score (nSPS) is 12.6. The second kappa shape index (κ2) is 10.9. The Kier molecular flexibility index (Phi) is 6.01. The summed E-state index contributed by atoms with van der Waals surface area (Å²) in [6.07, 6.45) is 0. The molecule has 0 atom stereocenters. The Hall–Kier alpha value is -6.72. The molecule has 4 nitrogen and oxygen atoms in total. The standard InChI is InChI=1S/C46H28BNO3/c1-2-13-30(14-3-1)34-27-35-33-18-6-9-22-40(33)49-43(35)28-39(34)48(38-21-12-16-29-15-4-5-17-32(29)38)31-25-44-46-45(26-31)51-42-24-11-8-20-37(42)47(46)36-19-7-10-23-41(36)50-44/h1-28H. The molecule has 2 aliphatic heterocycles. The van der Waals surface area contributed by atoms with E-state index in [9.17, 15) is 0 Å². The van der Waals surface area contributed by atoms with Gasteiger partial charge in [-0.15, -0.1) is 0 Å². The number of anilines is 3. The van der Waals surface area contributed by atoms with Gasteiger partial charge in [0.15, 0.2) is 0 Å². The van der Waals surface area contributed by atoms with E-state index in [0.717, 1.165) is 100 Å². The first-order chi connectivity index (χ1) is 25.3. The molecule has 2 aliphatic rings. The SMILES string of the molecule is c1ccc(-c2cc3c(cc2N(c2cc4c5c(c2)Oc2ccccc2B5c2ccccc2O4)c2cccc4ccccc24)oc2ccccc23)cc1. The molecule has 9 aromatic rings. The number of rotatable bonds is 4. The molecule has 0 saturated carbocycles. The van der Waals surface area contributed by atoms with Gasteiger partial charge in [-0.2, -0.15) is 0 Å². The van der Waals surface area contributed by atoms with Crippen molar-refractivity contribution in [3.8, 4) is 34.1 Å². The highest BCUT2D eigenvalue weighted by Gasteiger charge is 2.40. The lowest BCUT2D eigenvalue weighted by molar-refractivity contribution is 0.465. The quantitative estimate of drug-likeness (QED) is 0.177.